The summed E-state index contributed by atoms with van der Waals surface area (Å²) in [5, 5.41) is -0.465. The minimum atomic E-state index is -3.70. The minimum Gasteiger partial charge on any atom is -0.302 e. The summed E-state index contributed by atoms with van der Waals surface area (Å²) >= 11 is 3.00. The van der Waals surface area contributed by atoms with Gasteiger partial charge in [0.15, 0.2) is 5.01 Å². The summed E-state index contributed by atoms with van der Waals surface area (Å²) in [6, 6.07) is 0. The normalized spacial score (nSPS) is 51.9. The molecule has 0 aliphatic carbocycles. The number of hydrogen-bond donors (Lipinski definition) is 1. The smallest absolute Gasteiger partial charge is 0.302 e. The van der Waals surface area contributed by atoms with E-state index < -0.39 is 12.8 Å². The fourth-order valence-corrected chi connectivity index (χ4v) is 2.41. The lowest BCUT2D eigenvalue weighted by molar-refractivity contribution is 0.226. The predicted octanol–water partition coefficient (Wildman–Crippen LogP) is 1.24. The molecular weight excluding hydrogens is 211 g/mol. The average molecular weight is 217 g/mol. The molecule has 0 aromatic rings. The van der Waals surface area contributed by atoms with E-state index in [9.17, 15) is 4.57 Å². The van der Waals surface area contributed by atoms with Gasteiger partial charge in [0.25, 0.3) is 0 Å². The maximum Gasteiger partial charge on any atom is 0.473 e. The van der Waals surface area contributed by atoms with Gasteiger partial charge in [-0.25, -0.2) is 4.57 Å². The first-order valence-electron chi connectivity index (χ1n) is 2.35. The van der Waals surface area contributed by atoms with Gasteiger partial charge in [-0.3, -0.25) is 9.05 Å². The highest BCUT2D eigenvalue weighted by atomic mass is 79.9. The molecule has 3 unspecified atom stereocenters. The first kappa shape index (κ1) is 7.69. The van der Waals surface area contributed by atoms with Crippen LogP contribution in [0, 0.1) is 0 Å². The molecular formula is C3H6BrO4P. The van der Waals surface area contributed by atoms with E-state index in [4.69, 9.17) is 4.89 Å². The second-order valence-electron chi connectivity index (χ2n) is 1.74. The number of phosphoric acid groups is 1. The number of phosphoric ester groups is 1. The molecule has 0 saturated carbocycles. The third-order valence-electron chi connectivity index (χ3n) is 0.902. The SMILES string of the molecule is CC1OP(=O)(O)OC1Br. The molecule has 0 aromatic carbocycles. The van der Waals surface area contributed by atoms with Crippen molar-refractivity contribution in [3.05, 3.63) is 0 Å². The number of hydrogen-bond acceptors (Lipinski definition) is 3. The molecule has 0 aromatic heterocycles. The molecule has 0 amide bonds. The third kappa shape index (κ3) is 1.75. The molecule has 1 N–H and O–H groups in total. The Labute approximate surface area is 60.9 Å². The molecule has 1 saturated heterocycles. The van der Waals surface area contributed by atoms with Crippen molar-refractivity contribution in [2.45, 2.75) is 18.0 Å². The zero-order chi connectivity index (χ0) is 7.07. The van der Waals surface area contributed by atoms with Gasteiger partial charge in [0.05, 0.1) is 0 Å². The lowest BCUT2D eigenvalue weighted by Gasteiger charge is -1.98. The van der Waals surface area contributed by atoms with Gasteiger partial charge in [-0.1, -0.05) is 15.9 Å². The molecule has 3 atom stereocenters. The summed E-state index contributed by atoms with van der Waals surface area (Å²) in [5.74, 6) is 0. The Morgan fingerprint density at radius 1 is 1.67 bits per heavy atom. The van der Waals surface area contributed by atoms with Crippen molar-refractivity contribution in [2.24, 2.45) is 0 Å². The molecule has 1 rings (SSSR count). The summed E-state index contributed by atoms with van der Waals surface area (Å²) < 4.78 is 19.5. The highest BCUT2D eigenvalue weighted by Crippen LogP contribution is 2.53. The van der Waals surface area contributed by atoms with Crippen molar-refractivity contribution < 1.29 is 18.5 Å². The largest absolute Gasteiger partial charge is 0.473 e. The Bertz CT molecular complexity index is 146. The van der Waals surface area contributed by atoms with Gasteiger partial charge in [0, 0.05) is 0 Å². The zero-order valence-corrected chi connectivity index (χ0v) is 7.13. The third-order valence-corrected chi connectivity index (χ3v) is 3.22. The fourth-order valence-electron chi connectivity index (χ4n) is 0.496. The van der Waals surface area contributed by atoms with Crippen molar-refractivity contribution in [1.29, 1.82) is 0 Å². The number of rotatable bonds is 0. The van der Waals surface area contributed by atoms with Crippen LogP contribution in [0.25, 0.3) is 0 Å². The quantitative estimate of drug-likeness (QED) is 0.489. The monoisotopic (exact) mass is 216 g/mol. The van der Waals surface area contributed by atoms with E-state index in [1.54, 1.807) is 6.92 Å². The van der Waals surface area contributed by atoms with E-state index in [-0.39, 0.29) is 6.10 Å². The maximum absolute atomic E-state index is 10.5. The Morgan fingerprint density at radius 2 is 2.22 bits per heavy atom. The van der Waals surface area contributed by atoms with Gasteiger partial charge >= 0.3 is 7.82 Å². The van der Waals surface area contributed by atoms with Crippen molar-refractivity contribution in [1.82, 2.24) is 0 Å². The van der Waals surface area contributed by atoms with E-state index >= 15 is 0 Å². The lowest BCUT2D eigenvalue weighted by atomic mass is 10.5. The van der Waals surface area contributed by atoms with Gasteiger partial charge in [-0.15, -0.1) is 0 Å². The highest BCUT2D eigenvalue weighted by Gasteiger charge is 2.39. The zero-order valence-electron chi connectivity index (χ0n) is 4.65. The standard InChI is InChI=1S/C3H6BrO4P/c1-2-3(4)8-9(5,6)7-2/h2-3H,1H3,(H,5,6). The molecule has 1 aliphatic heterocycles. The molecule has 9 heavy (non-hydrogen) atoms. The van der Waals surface area contributed by atoms with E-state index in [1.807, 2.05) is 0 Å². The van der Waals surface area contributed by atoms with Crippen LogP contribution in [0.5, 0.6) is 0 Å². The maximum atomic E-state index is 10.5. The van der Waals surface area contributed by atoms with Crippen LogP contribution in [0.15, 0.2) is 0 Å². The second kappa shape index (κ2) is 2.32. The molecule has 54 valence electrons. The lowest BCUT2D eigenvalue weighted by Crippen LogP contribution is -2.09. The highest BCUT2D eigenvalue weighted by molar-refractivity contribution is 9.09. The topological polar surface area (TPSA) is 55.8 Å². The molecule has 1 fully saturated rings. The summed E-state index contributed by atoms with van der Waals surface area (Å²) in [7, 11) is -3.70. The first-order chi connectivity index (χ1) is 4.01. The van der Waals surface area contributed by atoms with Crippen LogP contribution in [0.2, 0.25) is 0 Å². The van der Waals surface area contributed by atoms with Gasteiger partial charge < -0.3 is 4.89 Å². The van der Waals surface area contributed by atoms with Gasteiger partial charge in [-0.05, 0) is 6.92 Å². The van der Waals surface area contributed by atoms with Crippen LogP contribution in [0.3, 0.4) is 0 Å². The predicted molar refractivity (Wildman–Crippen MR) is 34.2 cm³/mol. The molecule has 1 aliphatic rings. The van der Waals surface area contributed by atoms with Gasteiger partial charge in [-0.2, -0.15) is 0 Å². The molecule has 6 heteroatoms. The first-order valence-corrected chi connectivity index (χ1v) is 4.76. The fraction of sp³-hybridized carbons (Fsp3) is 1.00. The average Bonchev–Trinajstić information content (AvgIpc) is 1.79. The Hall–Kier alpha value is 0.590. The summed E-state index contributed by atoms with van der Waals surface area (Å²) in [6.45, 7) is 1.65. The van der Waals surface area contributed by atoms with Crippen molar-refractivity contribution in [3.8, 4) is 0 Å². The van der Waals surface area contributed by atoms with Crippen LogP contribution in [-0.2, 0) is 13.6 Å². The van der Waals surface area contributed by atoms with Crippen molar-refractivity contribution in [3.63, 3.8) is 0 Å². The summed E-state index contributed by atoms with van der Waals surface area (Å²) in [6.07, 6.45) is -0.360. The Kier molecular flexibility index (Phi) is 1.99. The van der Waals surface area contributed by atoms with E-state index in [0.717, 1.165) is 0 Å². The summed E-state index contributed by atoms with van der Waals surface area (Å²) in [5.41, 5.74) is 0. The Morgan fingerprint density at radius 3 is 2.33 bits per heavy atom. The number of halogens is 1. The van der Waals surface area contributed by atoms with Crippen molar-refractivity contribution in [2.75, 3.05) is 0 Å². The van der Waals surface area contributed by atoms with Crippen LogP contribution in [0.1, 0.15) is 6.92 Å². The summed E-state index contributed by atoms with van der Waals surface area (Å²) in [4.78, 5) is 8.62. The molecule has 0 radical (unpaired) electrons. The Balaban J connectivity index is 2.65. The van der Waals surface area contributed by atoms with E-state index in [1.165, 1.54) is 0 Å². The number of alkyl halides is 1. The second-order valence-corrected chi connectivity index (χ2v) is 4.00. The van der Waals surface area contributed by atoms with Gasteiger partial charge in [0.1, 0.15) is 6.10 Å². The van der Waals surface area contributed by atoms with Gasteiger partial charge in [0.2, 0.25) is 0 Å². The molecule has 0 spiro atoms. The van der Waals surface area contributed by atoms with Crippen LogP contribution in [0.4, 0.5) is 0 Å². The van der Waals surface area contributed by atoms with E-state index in [2.05, 4.69) is 25.0 Å². The molecule has 1 heterocycles. The molecule has 4 nitrogen and oxygen atoms in total. The van der Waals surface area contributed by atoms with E-state index in [0.29, 0.717) is 0 Å². The minimum absolute atomic E-state index is 0.360. The molecule has 0 bridgehead atoms. The van der Waals surface area contributed by atoms with Crippen molar-refractivity contribution >= 4 is 23.8 Å². The van der Waals surface area contributed by atoms with Crippen LogP contribution >= 0.6 is 23.8 Å². The van der Waals surface area contributed by atoms with Crippen LogP contribution in [-0.4, -0.2) is 16.0 Å². The van der Waals surface area contributed by atoms with Crippen LogP contribution < -0.4 is 0 Å².